The van der Waals surface area contributed by atoms with E-state index >= 15 is 0 Å². The summed E-state index contributed by atoms with van der Waals surface area (Å²) in [7, 11) is 4.29. The molecule has 0 atom stereocenters. The second-order valence-electron chi connectivity index (χ2n) is 9.92. The first-order valence-electron chi connectivity index (χ1n) is 13.5. The number of piperidine rings is 1. The molecular formula is C29H39FN8. The minimum absolute atomic E-state index is 0.240. The Morgan fingerprint density at radius 1 is 1.00 bits per heavy atom. The summed E-state index contributed by atoms with van der Waals surface area (Å²) >= 11 is 0. The summed E-state index contributed by atoms with van der Waals surface area (Å²) < 4.78 is 16.9. The number of imidazole rings is 1. The van der Waals surface area contributed by atoms with Crippen LogP contribution in [0.25, 0.3) is 22.3 Å². The quantitative estimate of drug-likeness (QED) is 0.325. The lowest BCUT2D eigenvalue weighted by Crippen LogP contribution is -2.42. The highest BCUT2D eigenvalue weighted by molar-refractivity contribution is 5.82. The summed E-state index contributed by atoms with van der Waals surface area (Å²) in [6.07, 6.45) is 5.35. The smallest absolute Gasteiger partial charge is 0.229 e. The van der Waals surface area contributed by atoms with Gasteiger partial charge in [0.1, 0.15) is 17.3 Å². The number of pyridine rings is 1. The Hall–Kier alpha value is -3.59. The standard InChI is InChI=1S/C27H33FN8.C2H6/c1-17(2)36-18(3)31-23-8-6-19(14-24(23)36)26-22(28)16-30-27(33-26)32-25-9-7-21(15-29-25)35-12-10-20(11-13-35)34(4)5;1-2/h6-9,14-17,20H,10-13H2,1-5H3,(H,29,30,32,33);1-2H3. The molecular weight excluding hydrogens is 479 g/mol. The Labute approximate surface area is 225 Å². The van der Waals surface area contributed by atoms with Gasteiger partial charge in [0.05, 0.1) is 29.1 Å². The zero-order valence-electron chi connectivity index (χ0n) is 23.5. The SMILES string of the molecule is CC.Cc1nc2ccc(-c3nc(Nc4ccc(N5CCC(N(C)C)CC5)cn4)ncc3F)cc2n1C(C)C. The largest absolute Gasteiger partial charge is 0.370 e. The van der Waals surface area contributed by atoms with Crippen LogP contribution in [0.3, 0.4) is 0 Å². The van der Waals surface area contributed by atoms with Crippen LogP contribution in [0.2, 0.25) is 0 Å². The van der Waals surface area contributed by atoms with Crippen LogP contribution in [0.1, 0.15) is 52.4 Å². The van der Waals surface area contributed by atoms with E-state index in [-0.39, 0.29) is 11.7 Å². The van der Waals surface area contributed by atoms with E-state index in [2.05, 4.69) is 73.6 Å². The van der Waals surface area contributed by atoms with E-state index in [0.717, 1.165) is 48.5 Å². The van der Waals surface area contributed by atoms with E-state index < -0.39 is 5.82 Å². The third kappa shape index (κ3) is 5.78. The van der Waals surface area contributed by atoms with Crippen LogP contribution in [-0.2, 0) is 0 Å². The number of hydrogen-bond donors (Lipinski definition) is 1. The fourth-order valence-electron chi connectivity index (χ4n) is 5.04. The fourth-order valence-corrected chi connectivity index (χ4v) is 5.04. The zero-order valence-corrected chi connectivity index (χ0v) is 23.5. The van der Waals surface area contributed by atoms with Crippen LogP contribution in [-0.4, -0.2) is 62.6 Å². The monoisotopic (exact) mass is 518 g/mol. The van der Waals surface area contributed by atoms with E-state index in [0.29, 0.717) is 23.4 Å². The first kappa shape index (κ1) is 27.4. The molecule has 3 aromatic heterocycles. The molecule has 1 aliphatic rings. The minimum Gasteiger partial charge on any atom is -0.370 e. The highest BCUT2D eigenvalue weighted by Crippen LogP contribution is 2.29. The predicted molar refractivity (Wildman–Crippen MR) is 154 cm³/mol. The molecule has 1 aliphatic heterocycles. The van der Waals surface area contributed by atoms with E-state index in [9.17, 15) is 4.39 Å². The van der Waals surface area contributed by atoms with Gasteiger partial charge in [-0.3, -0.25) is 0 Å². The van der Waals surface area contributed by atoms with Crippen LogP contribution in [0, 0.1) is 12.7 Å². The van der Waals surface area contributed by atoms with Gasteiger partial charge in [-0.05, 0) is 72.0 Å². The molecule has 202 valence electrons. The topological polar surface area (TPSA) is 75.0 Å². The molecule has 0 amide bonds. The molecule has 4 aromatic rings. The lowest BCUT2D eigenvalue weighted by Gasteiger charge is -2.36. The van der Waals surface area contributed by atoms with Gasteiger partial charge < -0.3 is 19.7 Å². The van der Waals surface area contributed by atoms with Crippen molar-refractivity contribution in [3.05, 3.63) is 54.4 Å². The van der Waals surface area contributed by atoms with Gasteiger partial charge in [-0.1, -0.05) is 19.9 Å². The fraction of sp³-hybridized carbons (Fsp3) is 0.448. The number of aryl methyl sites for hydroxylation is 1. The summed E-state index contributed by atoms with van der Waals surface area (Å²) in [6, 6.07) is 10.5. The Kier molecular flexibility index (Phi) is 8.56. The molecule has 1 saturated heterocycles. The average molecular weight is 519 g/mol. The van der Waals surface area contributed by atoms with Crippen molar-refractivity contribution in [3.8, 4) is 11.3 Å². The number of rotatable bonds is 6. The van der Waals surface area contributed by atoms with Crippen molar-refractivity contribution >= 4 is 28.5 Å². The van der Waals surface area contributed by atoms with Gasteiger partial charge in [-0.2, -0.15) is 0 Å². The number of anilines is 3. The molecule has 9 heteroatoms. The Morgan fingerprint density at radius 2 is 1.74 bits per heavy atom. The van der Waals surface area contributed by atoms with Crippen molar-refractivity contribution in [2.45, 2.75) is 59.5 Å². The summed E-state index contributed by atoms with van der Waals surface area (Å²) in [4.78, 5) is 22.5. The van der Waals surface area contributed by atoms with E-state index in [4.69, 9.17) is 0 Å². The van der Waals surface area contributed by atoms with Crippen molar-refractivity contribution < 1.29 is 4.39 Å². The third-order valence-electron chi connectivity index (χ3n) is 6.95. The van der Waals surface area contributed by atoms with Gasteiger partial charge in [0.2, 0.25) is 5.95 Å². The number of aromatic nitrogens is 5. The van der Waals surface area contributed by atoms with E-state index in [1.165, 1.54) is 6.20 Å². The molecule has 0 bridgehead atoms. The van der Waals surface area contributed by atoms with Crippen molar-refractivity contribution in [2.24, 2.45) is 0 Å². The highest BCUT2D eigenvalue weighted by atomic mass is 19.1. The molecule has 0 radical (unpaired) electrons. The van der Waals surface area contributed by atoms with Crippen LogP contribution < -0.4 is 10.2 Å². The molecule has 0 saturated carbocycles. The van der Waals surface area contributed by atoms with Gasteiger partial charge in [-0.25, -0.2) is 24.3 Å². The lowest BCUT2D eigenvalue weighted by atomic mass is 10.0. The predicted octanol–water partition coefficient (Wildman–Crippen LogP) is 6.22. The summed E-state index contributed by atoms with van der Waals surface area (Å²) in [5, 5.41) is 3.12. The Bertz CT molecular complexity index is 1360. The number of halogens is 1. The molecule has 0 aliphatic carbocycles. The van der Waals surface area contributed by atoms with Crippen molar-refractivity contribution in [2.75, 3.05) is 37.4 Å². The van der Waals surface area contributed by atoms with Gasteiger partial charge >= 0.3 is 0 Å². The normalized spacial score (nSPS) is 14.2. The van der Waals surface area contributed by atoms with Gasteiger partial charge in [-0.15, -0.1) is 0 Å². The van der Waals surface area contributed by atoms with Crippen LogP contribution in [0.4, 0.5) is 21.8 Å². The summed E-state index contributed by atoms with van der Waals surface area (Å²) in [5.41, 5.74) is 3.86. The molecule has 1 fully saturated rings. The second-order valence-corrected chi connectivity index (χ2v) is 9.92. The molecule has 38 heavy (non-hydrogen) atoms. The number of nitrogens with one attached hydrogen (secondary N) is 1. The zero-order chi connectivity index (χ0) is 27.4. The third-order valence-corrected chi connectivity index (χ3v) is 6.95. The maximum absolute atomic E-state index is 14.8. The first-order chi connectivity index (χ1) is 18.3. The van der Waals surface area contributed by atoms with Crippen molar-refractivity contribution in [1.82, 2.24) is 29.4 Å². The lowest BCUT2D eigenvalue weighted by molar-refractivity contribution is 0.249. The summed E-state index contributed by atoms with van der Waals surface area (Å²) in [6.45, 7) is 12.2. The molecule has 0 spiro atoms. The number of nitrogens with zero attached hydrogens (tertiary/aromatic N) is 7. The van der Waals surface area contributed by atoms with Crippen LogP contribution in [0.15, 0.2) is 42.7 Å². The van der Waals surface area contributed by atoms with Gasteiger partial charge in [0.15, 0.2) is 5.82 Å². The molecule has 1 aromatic carbocycles. The average Bonchev–Trinajstić information content (AvgIpc) is 3.26. The maximum atomic E-state index is 14.8. The highest BCUT2D eigenvalue weighted by Gasteiger charge is 2.21. The number of hydrogen-bond acceptors (Lipinski definition) is 7. The van der Waals surface area contributed by atoms with Crippen molar-refractivity contribution in [1.29, 1.82) is 0 Å². The second kappa shape index (κ2) is 11.9. The number of benzene rings is 1. The Balaban J connectivity index is 0.00000164. The molecule has 5 rings (SSSR count). The van der Waals surface area contributed by atoms with Crippen LogP contribution in [0.5, 0.6) is 0 Å². The Morgan fingerprint density at radius 3 is 2.37 bits per heavy atom. The van der Waals surface area contributed by atoms with Crippen LogP contribution >= 0.6 is 0 Å². The summed E-state index contributed by atoms with van der Waals surface area (Å²) in [5.74, 6) is 1.37. The maximum Gasteiger partial charge on any atom is 0.229 e. The molecule has 8 nitrogen and oxygen atoms in total. The first-order valence-corrected chi connectivity index (χ1v) is 13.5. The van der Waals surface area contributed by atoms with Gasteiger partial charge in [0.25, 0.3) is 0 Å². The molecule has 1 N–H and O–H groups in total. The van der Waals surface area contributed by atoms with Crippen molar-refractivity contribution in [3.63, 3.8) is 0 Å². The minimum atomic E-state index is -0.475. The molecule has 0 unspecified atom stereocenters. The van der Waals surface area contributed by atoms with E-state index in [1.807, 2.05) is 51.2 Å². The van der Waals surface area contributed by atoms with Gasteiger partial charge in [0, 0.05) is 30.7 Å². The number of fused-ring (bicyclic) bond motifs is 1. The molecule has 4 heterocycles. The van der Waals surface area contributed by atoms with E-state index in [1.54, 1.807) is 0 Å².